The number of nitrogens with zero attached hydrogens (tertiary/aromatic N) is 1. The minimum Gasteiger partial charge on any atom is -0.493 e. The fourth-order valence-corrected chi connectivity index (χ4v) is 5.21. The molecule has 2 aliphatic heterocycles. The molecule has 1 saturated heterocycles. The molecule has 4 nitrogen and oxygen atoms in total. The summed E-state index contributed by atoms with van der Waals surface area (Å²) in [6, 6.07) is 4.26. The predicted molar refractivity (Wildman–Crippen MR) is 87.8 cm³/mol. The number of ether oxygens (including phenoxy) is 2. The molecule has 1 spiro atoms. The van der Waals surface area contributed by atoms with Crippen molar-refractivity contribution in [2.75, 3.05) is 20.8 Å². The van der Waals surface area contributed by atoms with Crippen LogP contribution in [-0.2, 0) is 16.8 Å². The Hall–Kier alpha value is -1.71. The van der Waals surface area contributed by atoms with E-state index in [4.69, 9.17) is 9.47 Å². The molecule has 4 rings (SSSR count). The number of aryl methyl sites for hydroxylation is 1. The number of amides is 1. The minimum absolute atomic E-state index is 0.0965. The third kappa shape index (κ3) is 2.00. The highest BCUT2D eigenvalue weighted by Gasteiger charge is 2.54. The lowest BCUT2D eigenvalue weighted by atomic mass is 9.68. The van der Waals surface area contributed by atoms with Crippen LogP contribution < -0.4 is 9.47 Å². The third-order valence-electron chi connectivity index (χ3n) is 6.20. The molecule has 1 aromatic carbocycles. The Morgan fingerprint density at radius 1 is 1.09 bits per heavy atom. The van der Waals surface area contributed by atoms with E-state index < -0.39 is 0 Å². The highest BCUT2D eigenvalue weighted by Crippen LogP contribution is 2.55. The zero-order chi connectivity index (χ0) is 16.0. The fourth-order valence-electron chi connectivity index (χ4n) is 5.21. The summed E-state index contributed by atoms with van der Waals surface area (Å²) in [4.78, 5) is 15.0. The van der Waals surface area contributed by atoms with E-state index in [-0.39, 0.29) is 5.54 Å². The number of rotatable bonds is 2. The van der Waals surface area contributed by atoms with E-state index in [9.17, 15) is 4.79 Å². The van der Waals surface area contributed by atoms with Crippen LogP contribution in [0.25, 0.3) is 0 Å². The molecule has 2 fully saturated rings. The lowest BCUT2D eigenvalue weighted by Crippen LogP contribution is -2.48. The van der Waals surface area contributed by atoms with Crippen LogP contribution in [0.3, 0.4) is 0 Å². The SMILES string of the molecule is COc1cc2c(cc1OC)[C@]13CCCC[C@H]1CCN3C(=O)CC2. The summed E-state index contributed by atoms with van der Waals surface area (Å²) in [6.07, 6.45) is 7.37. The third-order valence-corrected chi connectivity index (χ3v) is 6.20. The van der Waals surface area contributed by atoms with Gasteiger partial charge in [-0.25, -0.2) is 0 Å². The van der Waals surface area contributed by atoms with Crippen molar-refractivity contribution in [2.24, 2.45) is 5.92 Å². The van der Waals surface area contributed by atoms with E-state index >= 15 is 0 Å². The number of hydrogen-bond donors (Lipinski definition) is 0. The standard InChI is InChI=1S/C19H25NO3/c1-22-16-11-13-6-7-18(21)20-10-8-14-5-3-4-9-19(14,20)15(13)12-17(16)23-2/h11-12,14H,3-10H2,1-2H3/t14-,19-/m0/s1. The fraction of sp³-hybridized carbons (Fsp3) is 0.632. The molecule has 4 heteroatoms. The van der Waals surface area contributed by atoms with E-state index in [1.165, 1.54) is 30.4 Å². The lowest BCUT2D eigenvalue weighted by molar-refractivity contribution is -0.137. The monoisotopic (exact) mass is 315 g/mol. The largest absolute Gasteiger partial charge is 0.493 e. The number of carbonyl (C=O) groups excluding carboxylic acids is 1. The molecule has 124 valence electrons. The van der Waals surface area contributed by atoms with Crippen LogP contribution >= 0.6 is 0 Å². The van der Waals surface area contributed by atoms with Gasteiger partial charge in [0.25, 0.3) is 0 Å². The molecule has 0 unspecified atom stereocenters. The van der Waals surface area contributed by atoms with E-state index in [1.807, 2.05) is 0 Å². The maximum atomic E-state index is 12.8. The Bertz CT molecular complexity index is 642. The van der Waals surface area contributed by atoms with Crippen molar-refractivity contribution >= 4 is 5.91 Å². The molecule has 3 aliphatic rings. The highest BCUT2D eigenvalue weighted by molar-refractivity contribution is 5.79. The second kappa shape index (κ2) is 5.43. The van der Waals surface area contributed by atoms with Crippen molar-refractivity contribution < 1.29 is 14.3 Å². The van der Waals surface area contributed by atoms with Gasteiger partial charge in [-0.2, -0.15) is 0 Å². The van der Waals surface area contributed by atoms with Crippen LogP contribution in [0.1, 0.15) is 49.7 Å². The van der Waals surface area contributed by atoms with Crippen LogP contribution in [0.4, 0.5) is 0 Å². The van der Waals surface area contributed by atoms with Gasteiger partial charge in [0.15, 0.2) is 11.5 Å². The maximum Gasteiger partial charge on any atom is 0.223 e. The molecular formula is C19H25NO3. The van der Waals surface area contributed by atoms with Gasteiger partial charge in [-0.15, -0.1) is 0 Å². The summed E-state index contributed by atoms with van der Waals surface area (Å²) in [5, 5.41) is 0. The van der Waals surface area contributed by atoms with Crippen molar-refractivity contribution in [3.05, 3.63) is 23.3 Å². The number of benzene rings is 1. The van der Waals surface area contributed by atoms with Gasteiger partial charge in [0.1, 0.15) is 0 Å². The quantitative estimate of drug-likeness (QED) is 0.841. The van der Waals surface area contributed by atoms with Crippen LogP contribution in [0.2, 0.25) is 0 Å². The topological polar surface area (TPSA) is 38.8 Å². The molecule has 1 aromatic rings. The van der Waals surface area contributed by atoms with Crippen LogP contribution in [-0.4, -0.2) is 31.6 Å². The van der Waals surface area contributed by atoms with Crippen LogP contribution in [0, 0.1) is 5.92 Å². The van der Waals surface area contributed by atoms with Crippen molar-refractivity contribution in [2.45, 2.75) is 50.5 Å². The predicted octanol–water partition coefficient (Wildman–Crippen LogP) is 3.27. The van der Waals surface area contributed by atoms with Crippen LogP contribution in [0.15, 0.2) is 12.1 Å². The first-order valence-corrected chi connectivity index (χ1v) is 8.76. The van der Waals surface area contributed by atoms with Crippen molar-refractivity contribution in [3.8, 4) is 11.5 Å². The molecule has 1 saturated carbocycles. The van der Waals surface area contributed by atoms with Gasteiger partial charge in [-0.3, -0.25) is 4.79 Å². The maximum absolute atomic E-state index is 12.8. The molecule has 2 atom stereocenters. The van der Waals surface area contributed by atoms with E-state index in [1.54, 1.807) is 14.2 Å². The molecular weight excluding hydrogens is 290 g/mol. The number of hydrogen-bond acceptors (Lipinski definition) is 3. The lowest BCUT2D eigenvalue weighted by Gasteiger charge is -2.45. The van der Waals surface area contributed by atoms with Gasteiger partial charge < -0.3 is 14.4 Å². The van der Waals surface area contributed by atoms with Gasteiger partial charge in [0.05, 0.1) is 19.8 Å². The molecule has 0 bridgehead atoms. The summed E-state index contributed by atoms with van der Waals surface area (Å²) < 4.78 is 11.1. The Kier molecular flexibility index (Phi) is 3.51. The smallest absolute Gasteiger partial charge is 0.223 e. The summed E-state index contributed by atoms with van der Waals surface area (Å²) in [7, 11) is 3.37. The highest BCUT2D eigenvalue weighted by atomic mass is 16.5. The summed E-state index contributed by atoms with van der Waals surface area (Å²) in [5.41, 5.74) is 2.50. The number of methoxy groups -OCH3 is 2. The first kappa shape index (κ1) is 14.9. The molecule has 2 heterocycles. The van der Waals surface area contributed by atoms with Gasteiger partial charge >= 0.3 is 0 Å². The number of fused-ring (bicyclic) bond motifs is 1. The van der Waals surface area contributed by atoms with Crippen molar-refractivity contribution in [1.29, 1.82) is 0 Å². The Labute approximate surface area is 137 Å². The van der Waals surface area contributed by atoms with E-state index in [0.717, 1.165) is 37.3 Å². The van der Waals surface area contributed by atoms with E-state index in [0.29, 0.717) is 18.2 Å². The number of carbonyl (C=O) groups is 1. The molecule has 0 N–H and O–H groups in total. The van der Waals surface area contributed by atoms with Gasteiger partial charge in [-0.05, 0) is 54.9 Å². The first-order valence-electron chi connectivity index (χ1n) is 8.76. The van der Waals surface area contributed by atoms with Crippen molar-refractivity contribution in [3.63, 3.8) is 0 Å². The molecule has 1 amide bonds. The average Bonchev–Trinajstić information content (AvgIpc) is 2.94. The second-order valence-electron chi connectivity index (χ2n) is 7.07. The molecule has 0 aromatic heterocycles. The Morgan fingerprint density at radius 2 is 1.87 bits per heavy atom. The Balaban J connectivity index is 1.94. The summed E-state index contributed by atoms with van der Waals surface area (Å²) >= 11 is 0. The Morgan fingerprint density at radius 3 is 2.65 bits per heavy atom. The second-order valence-corrected chi connectivity index (χ2v) is 7.07. The first-order chi connectivity index (χ1) is 11.2. The molecule has 23 heavy (non-hydrogen) atoms. The normalized spacial score (nSPS) is 29.4. The van der Waals surface area contributed by atoms with Crippen molar-refractivity contribution in [1.82, 2.24) is 4.90 Å². The molecule has 0 radical (unpaired) electrons. The minimum atomic E-state index is -0.0965. The molecule has 1 aliphatic carbocycles. The van der Waals surface area contributed by atoms with Gasteiger partial charge in [0.2, 0.25) is 5.91 Å². The zero-order valence-electron chi connectivity index (χ0n) is 14.1. The average molecular weight is 315 g/mol. The summed E-state index contributed by atoms with van der Waals surface area (Å²) in [5.74, 6) is 2.47. The summed E-state index contributed by atoms with van der Waals surface area (Å²) in [6.45, 7) is 0.914. The zero-order valence-corrected chi connectivity index (χ0v) is 14.1. The van der Waals surface area contributed by atoms with Gasteiger partial charge in [-0.1, -0.05) is 12.8 Å². The van der Waals surface area contributed by atoms with E-state index in [2.05, 4.69) is 17.0 Å². The van der Waals surface area contributed by atoms with Gasteiger partial charge in [0, 0.05) is 13.0 Å². The van der Waals surface area contributed by atoms with Crippen LogP contribution in [0.5, 0.6) is 11.5 Å².